The molecule has 0 aliphatic carbocycles. The van der Waals surface area contributed by atoms with Crippen LogP contribution in [0.15, 0.2) is 24.5 Å². The molecule has 4 nitrogen and oxygen atoms in total. The van der Waals surface area contributed by atoms with Crippen LogP contribution in [0.3, 0.4) is 0 Å². The molecule has 0 aliphatic heterocycles. The molecule has 2 heterocycles. The van der Waals surface area contributed by atoms with Crippen molar-refractivity contribution in [2.45, 2.75) is 33.6 Å². The van der Waals surface area contributed by atoms with E-state index in [1.807, 2.05) is 49.7 Å². The van der Waals surface area contributed by atoms with Gasteiger partial charge in [0.15, 0.2) is 5.65 Å². The first-order valence-electron chi connectivity index (χ1n) is 6.40. The minimum absolute atomic E-state index is 0.0707. The van der Waals surface area contributed by atoms with Gasteiger partial charge < -0.3 is 9.72 Å². The summed E-state index contributed by atoms with van der Waals surface area (Å²) in [6.45, 7) is 6.02. The third kappa shape index (κ3) is 2.37. The molecular formula is C14H19N3O. The first-order valence-corrected chi connectivity index (χ1v) is 6.40. The number of fused-ring (bicyclic) bond motifs is 1. The van der Waals surface area contributed by atoms with Gasteiger partial charge in [-0.2, -0.15) is 0 Å². The summed E-state index contributed by atoms with van der Waals surface area (Å²) in [7, 11) is 0. The number of rotatable bonds is 4. The molecule has 0 bridgehead atoms. The van der Waals surface area contributed by atoms with E-state index in [9.17, 15) is 4.79 Å². The fourth-order valence-electron chi connectivity index (χ4n) is 2.13. The summed E-state index contributed by atoms with van der Waals surface area (Å²) < 4.78 is 1.93. The van der Waals surface area contributed by atoms with Gasteiger partial charge in [0.05, 0.1) is 11.4 Å². The van der Waals surface area contributed by atoms with Gasteiger partial charge in [-0.15, -0.1) is 0 Å². The van der Waals surface area contributed by atoms with E-state index in [1.54, 1.807) is 0 Å². The number of anilines is 1. The molecule has 0 radical (unpaired) electrons. The number of pyridine rings is 1. The maximum Gasteiger partial charge on any atom is 0.227 e. The van der Waals surface area contributed by atoms with E-state index in [0.29, 0.717) is 0 Å². The summed E-state index contributed by atoms with van der Waals surface area (Å²) in [5, 5.41) is 2.98. The van der Waals surface area contributed by atoms with Crippen molar-refractivity contribution in [3.63, 3.8) is 0 Å². The number of carbonyl (C=O) groups excluding carboxylic acids is 1. The molecule has 0 atom stereocenters. The first kappa shape index (κ1) is 12.6. The normalized spacial score (nSPS) is 11.1. The lowest BCUT2D eigenvalue weighted by Crippen LogP contribution is -2.22. The van der Waals surface area contributed by atoms with Gasteiger partial charge in [0.1, 0.15) is 0 Å². The van der Waals surface area contributed by atoms with Gasteiger partial charge in [-0.05, 0) is 31.9 Å². The van der Waals surface area contributed by atoms with Crippen molar-refractivity contribution in [1.82, 2.24) is 9.38 Å². The van der Waals surface area contributed by atoms with Crippen LogP contribution >= 0.6 is 0 Å². The van der Waals surface area contributed by atoms with Gasteiger partial charge in [0, 0.05) is 18.3 Å². The second-order valence-corrected chi connectivity index (χ2v) is 4.54. The molecule has 1 N–H and O–H groups in total. The Morgan fingerprint density at radius 3 is 2.83 bits per heavy atom. The Labute approximate surface area is 107 Å². The first-order chi connectivity index (χ1) is 8.65. The van der Waals surface area contributed by atoms with E-state index < -0.39 is 0 Å². The Morgan fingerprint density at radius 2 is 2.17 bits per heavy atom. The van der Waals surface area contributed by atoms with E-state index in [1.165, 1.54) is 0 Å². The Hall–Kier alpha value is -1.84. The van der Waals surface area contributed by atoms with Gasteiger partial charge in [-0.1, -0.05) is 13.8 Å². The molecule has 4 heteroatoms. The average molecular weight is 245 g/mol. The van der Waals surface area contributed by atoms with E-state index >= 15 is 0 Å². The van der Waals surface area contributed by atoms with Crippen molar-refractivity contribution in [2.24, 2.45) is 5.92 Å². The van der Waals surface area contributed by atoms with E-state index in [-0.39, 0.29) is 11.8 Å². The number of nitrogens with zero attached hydrogens (tertiary/aromatic N) is 2. The Morgan fingerprint density at radius 1 is 1.44 bits per heavy atom. The van der Waals surface area contributed by atoms with Crippen LogP contribution in [-0.2, 0) is 4.79 Å². The third-order valence-electron chi connectivity index (χ3n) is 3.22. The maximum absolute atomic E-state index is 12.1. The molecule has 0 saturated carbocycles. The quantitative estimate of drug-likeness (QED) is 0.900. The summed E-state index contributed by atoms with van der Waals surface area (Å²) in [6, 6.07) is 3.80. The molecule has 0 unspecified atom stereocenters. The molecule has 96 valence electrons. The standard InChI is InChI=1S/C14H19N3O/c1-4-11(5-2)14(18)16-12-7-6-8-17-9-10(3)15-13(12)17/h6-9,11H,4-5H2,1-3H3,(H,16,18). The molecule has 0 fully saturated rings. The molecule has 0 saturated heterocycles. The van der Waals surface area contributed by atoms with Crippen molar-refractivity contribution >= 4 is 17.2 Å². The minimum Gasteiger partial charge on any atom is -0.323 e. The zero-order valence-corrected chi connectivity index (χ0v) is 11.1. The third-order valence-corrected chi connectivity index (χ3v) is 3.22. The molecule has 2 aromatic heterocycles. The van der Waals surface area contributed by atoms with Crippen LogP contribution in [0, 0.1) is 12.8 Å². The number of hydrogen-bond acceptors (Lipinski definition) is 2. The van der Waals surface area contributed by atoms with Gasteiger partial charge in [-0.3, -0.25) is 4.79 Å². The van der Waals surface area contributed by atoms with Crippen LogP contribution < -0.4 is 5.32 Å². The average Bonchev–Trinajstić information content (AvgIpc) is 2.72. The number of hydrogen-bond donors (Lipinski definition) is 1. The molecular weight excluding hydrogens is 226 g/mol. The Bertz CT molecular complexity index is 555. The Kier molecular flexibility index (Phi) is 3.65. The van der Waals surface area contributed by atoms with Crippen molar-refractivity contribution in [1.29, 1.82) is 0 Å². The number of imidazole rings is 1. The van der Waals surface area contributed by atoms with Gasteiger partial charge in [0.25, 0.3) is 0 Å². The fourth-order valence-corrected chi connectivity index (χ4v) is 2.13. The highest BCUT2D eigenvalue weighted by Crippen LogP contribution is 2.18. The zero-order valence-electron chi connectivity index (χ0n) is 11.1. The highest BCUT2D eigenvalue weighted by Gasteiger charge is 2.15. The summed E-state index contributed by atoms with van der Waals surface area (Å²) in [4.78, 5) is 16.5. The zero-order chi connectivity index (χ0) is 13.1. The van der Waals surface area contributed by atoms with Gasteiger partial charge in [-0.25, -0.2) is 4.98 Å². The summed E-state index contributed by atoms with van der Waals surface area (Å²) >= 11 is 0. The molecule has 0 spiro atoms. The van der Waals surface area contributed by atoms with Crippen molar-refractivity contribution < 1.29 is 4.79 Å². The van der Waals surface area contributed by atoms with Crippen molar-refractivity contribution in [3.05, 3.63) is 30.2 Å². The topological polar surface area (TPSA) is 46.4 Å². The number of aromatic nitrogens is 2. The van der Waals surface area contributed by atoms with E-state index in [0.717, 1.165) is 29.9 Å². The predicted molar refractivity (Wildman–Crippen MR) is 72.6 cm³/mol. The number of amides is 1. The molecule has 2 rings (SSSR count). The molecule has 0 aliphatic rings. The lowest BCUT2D eigenvalue weighted by Gasteiger charge is -2.13. The molecule has 18 heavy (non-hydrogen) atoms. The van der Waals surface area contributed by atoms with Crippen LogP contribution in [0.4, 0.5) is 5.69 Å². The molecule has 0 aromatic carbocycles. The number of carbonyl (C=O) groups is 1. The van der Waals surface area contributed by atoms with E-state index in [4.69, 9.17) is 0 Å². The van der Waals surface area contributed by atoms with Crippen molar-refractivity contribution in [3.8, 4) is 0 Å². The fraction of sp³-hybridized carbons (Fsp3) is 0.429. The maximum atomic E-state index is 12.1. The number of aryl methyl sites for hydroxylation is 1. The highest BCUT2D eigenvalue weighted by atomic mass is 16.1. The SMILES string of the molecule is CCC(CC)C(=O)Nc1cccn2cc(C)nc12. The van der Waals surface area contributed by atoms with Crippen LogP contribution in [0.2, 0.25) is 0 Å². The predicted octanol–water partition coefficient (Wildman–Crippen LogP) is 3.02. The summed E-state index contributed by atoms with van der Waals surface area (Å²) in [5.74, 6) is 0.148. The smallest absolute Gasteiger partial charge is 0.227 e. The minimum atomic E-state index is 0.0707. The summed E-state index contributed by atoms with van der Waals surface area (Å²) in [5.41, 5.74) is 2.52. The van der Waals surface area contributed by atoms with Crippen LogP contribution in [0.1, 0.15) is 32.4 Å². The van der Waals surface area contributed by atoms with E-state index in [2.05, 4.69) is 10.3 Å². The second kappa shape index (κ2) is 5.21. The second-order valence-electron chi connectivity index (χ2n) is 4.54. The monoisotopic (exact) mass is 245 g/mol. The lowest BCUT2D eigenvalue weighted by molar-refractivity contribution is -0.120. The highest BCUT2D eigenvalue weighted by molar-refractivity contribution is 5.95. The molecule has 1 amide bonds. The molecule has 2 aromatic rings. The largest absolute Gasteiger partial charge is 0.323 e. The van der Waals surface area contributed by atoms with Crippen LogP contribution in [0.25, 0.3) is 5.65 Å². The number of nitrogens with one attached hydrogen (secondary N) is 1. The Balaban J connectivity index is 2.29. The van der Waals surface area contributed by atoms with Crippen LogP contribution in [-0.4, -0.2) is 15.3 Å². The van der Waals surface area contributed by atoms with Crippen LogP contribution in [0.5, 0.6) is 0 Å². The van der Waals surface area contributed by atoms with Gasteiger partial charge in [0.2, 0.25) is 5.91 Å². The lowest BCUT2D eigenvalue weighted by atomic mass is 10.0. The van der Waals surface area contributed by atoms with Crippen molar-refractivity contribution in [2.75, 3.05) is 5.32 Å². The van der Waals surface area contributed by atoms with Gasteiger partial charge >= 0.3 is 0 Å². The summed E-state index contributed by atoms with van der Waals surface area (Å²) in [6.07, 6.45) is 5.60.